The molecule has 6 nitrogen and oxygen atoms in total. The third-order valence-corrected chi connectivity index (χ3v) is 3.81. The largest absolute Gasteiger partial charge is 0.469 e. The van der Waals surface area contributed by atoms with Crippen molar-refractivity contribution in [3.63, 3.8) is 0 Å². The average Bonchev–Trinajstić information content (AvgIpc) is 3.25. The van der Waals surface area contributed by atoms with Gasteiger partial charge < -0.3 is 10.1 Å². The van der Waals surface area contributed by atoms with E-state index in [0.29, 0.717) is 11.6 Å². The van der Waals surface area contributed by atoms with Gasteiger partial charge in [0.1, 0.15) is 0 Å². The van der Waals surface area contributed by atoms with Crippen LogP contribution < -0.4 is 5.32 Å². The van der Waals surface area contributed by atoms with Crippen LogP contribution in [0.1, 0.15) is 29.8 Å². The normalized spacial score (nSPS) is 15.7. The third-order valence-electron chi connectivity index (χ3n) is 3.81. The number of amides is 1. The van der Waals surface area contributed by atoms with Gasteiger partial charge in [-0.15, -0.1) is 0 Å². The van der Waals surface area contributed by atoms with E-state index >= 15 is 0 Å². The van der Waals surface area contributed by atoms with E-state index in [4.69, 9.17) is 0 Å². The van der Waals surface area contributed by atoms with Gasteiger partial charge in [-0.2, -0.15) is 5.10 Å². The molecule has 1 fully saturated rings. The summed E-state index contributed by atoms with van der Waals surface area (Å²) in [6, 6.07) is 7.28. The molecule has 1 saturated carbocycles. The van der Waals surface area contributed by atoms with Crippen molar-refractivity contribution >= 4 is 22.8 Å². The number of hydrogen-bond donors (Lipinski definition) is 2. The highest BCUT2D eigenvalue weighted by atomic mass is 16.5. The molecule has 2 aromatic rings. The van der Waals surface area contributed by atoms with Crippen LogP contribution in [0.15, 0.2) is 24.3 Å². The molecule has 2 N–H and O–H groups in total. The van der Waals surface area contributed by atoms with Gasteiger partial charge in [-0.1, -0.05) is 18.2 Å². The van der Waals surface area contributed by atoms with Crippen molar-refractivity contribution in [3.8, 4) is 0 Å². The first-order chi connectivity index (χ1) is 10.2. The minimum absolute atomic E-state index is 0.180. The summed E-state index contributed by atoms with van der Waals surface area (Å²) in [5.41, 5.74) is 1.18. The fourth-order valence-electron chi connectivity index (χ4n) is 2.47. The van der Waals surface area contributed by atoms with E-state index in [1.807, 2.05) is 24.3 Å². The Morgan fingerprint density at radius 2 is 2.19 bits per heavy atom. The molecule has 1 aromatic heterocycles. The Hall–Kier alpha value is -2.37. The Balaban J connectivity index is 1.76. The molecular weight excluding hydrogens is 270 g/mol. The van der Waals surface area contributed by atoms with E-state index in [0.717, 1.165) is 23.7 Å². The van der Waals surface area contributed by atoms with Gasteiger partial charge in [0.15, 0.2) is 5.69 Å². The van der Waals surface area contributed by atoms with Crippen LogP contribution in [0.2, 0.25) is 0 Å². The van der Waals surface area contributed by atoms with Crippen molar-refractivity contribution in [1.29, 1.82) is 0 Å². The van der Waals surface area contributed by atoms with E-state index in [2.05, 4.69) is 20.3 Å². The summed E-state index contributed by atoms with van der Waals surface area (Å²) in [6.45, 7) is 0. The molecule has 6 heteroatoms. The van der Waals surface area contributed by atoms with Crippen molar-refractivity contribution in [1.82, 2.24) is 15.5 Å². The Bertz CT molecular complexity index is 676. The van der Waals surface area contributed by atoms with Gasteiger partial charge >= 0.3 is 5.97 Å². The SMILES string of the molecule is COC(=O)C[C@@H](NC(=O)c1n[nH]c2ccccc12)C1CC1. The van der Waals surface area contributed by atoms with Gasteiger partial charge in [-0.25, -0.2) is 0 Å². The number of aromatic nitrogens is 2. The first kappa shape index (κ1) is 13.6. The lowest BCUT2D eigenvalue weighted by Crippen LogP contribution is -2.38. The zero-order valence-corrected chi connectivity index (χ0v) is 11.8. The number of ether oxygens (including phenoxy) is 1. The average molecular weight is 287 g/mol. The van der Waals surface area contributed by atoms with Gasteiger partial charge in [-0.05, 0) is 24.8 Å². The second-order valence-corrected chi connectivity index (χ2v) is 5.32. The molecule has 110 valence electrons. The standard InChI is InChI=1S/C15H17N3O3/c1-21-13(19)8-12(9-6-7-9)16-15(20)14-10-4-2-3-5-11(10)17-18-14/h2-5,9,12H,6-8H2,1H3,(H,16,20)(H,17,18)/t12-/m1/s1. The van der Waals surface area contributed by atoms with E-state index in [-0.39, 0.29) is 24.3 Å². The number of para-hydroxylation sites is 1. The number of nitrogens with one attached hydrogen (secondary N) is 2. The van der Waals surface area contributed by atoms with Crippen molar-refractivity contribution in [2.45, 2.75) is 25.3 Å². The lowest BCUT2D eigenvalue weighted by molar-refractivity contribution is -0.141. The first-order valence-corrected chi connectivity index (χ1v) is 7.00. The summed E-state index contributed by atoms with van der Waals surface area (Å²) in [4.78, 5) is 23.8. The van der Waals surface area contributed by atoms with Crippen LogP contribution in [0.5, 0.6) is 0 Å². The smallest absolute Gasteiger partial charge is 0.307 e. The second-order valence-electron chi connectivity index (χ2n) is 5.32. The number of carbonyl (C=O) groups excluding carboxylic acids is 2. The van der Waals surface area contributed by atoms with Crippen molar-refractivity contribution in [2.75, 3.05) is 7.11 Å². The summed E-state index contributed by atoms with van der Waals surface area (Å²) < 4.78 is 4.69. The Morgan fingerprint density at radius 3 is 2.90 bits per heavy atom. The third kappa shape index (κ3) is 2.89. The molecule has 0 bridgehead atoms. The van der Waals surface area contributed by atoms with Gasteiger partial charge in [0, 0.05) is 11.4 Å². The number of aromatic amines is 1. The van der Waals surface area contributed by atoms with E-state index < -0.39 is 0 Å². The van der Waals surface area contributed by atoms with Gasteiger partial charge in [0.25, 0.3) is 5.91 Å². The molecule has 1 aromatic carbocycles. The van der Waals surface area contributed by atoms with Crippen LogP contribution in [0.25, 0.3) is 10.9 Å². The first-order valence-electron chi connectivity index (χ1n) is 7.00. The molecule has 1 aliphatic carbocycles. The zero-order chi connectivity index (χ0) is 14.8. The van der Waals surface area contributed by atoms with Crippen LogP contribution in [0.3, 0.4) is 0 Å². The predicted octanol–water partition coefficient (Wildman–Crippen LogP) is 1.63. The van der Waals surface area contributed by atoms with E-state index in [9.17, 15) is 9.59 Å². The van der Waals surface area contributed by atoms with Crippen molar-refractivity contribution in [3.05, 3.63) is 30.0 Å². The predicted molar refractivity (Wildman–Crippen MR) is 76.7 cm³/mol. The Labute approximate surface area is 121 Å². The fourth-order valence-corrected chi connectivity index (χ4v) is 2.47. The molecule has 1 amide bonds. The number of methoxy groups -OCH3 is 1. The molecule has 21 heavy (non-hydrogen) atoms. The number of benzene rings is 1. The maximum absolute atomic E-state index is 12.4. The number of esters is 1. The lowest BCUT2D eigenvalue weighted by Gasteiger charge is -2.16. The lowest BCUT2D eigenvalue weighted by atomic mass is 10.1. The Morgan fingerprint density at radius 1 is 1.43 bits per heavy atom. The number of hydrogen-bond acceptors (Lipinski definition) is 4. The molecule has 3 rings (SSSR count). The quantitative estimate of drug-likeness (QED) is 0.819. The summed E-state index contributed by atoms with van der Waals surface area (Å²) >= 11 is 0. The number of H-pyrrole nitrogens is 1. The molecule has 0 aliphatic heterocycles. The van der Waals surface area contributed by atoms with Crippen LogP contribution in [0, 0.1) is 5.92 Å². The van der Waals surface area contributed by atoms with Gasteiger partial charge in [-0.3, -0.25) is 14.7 Å². The minimum atomic E-state index is -0.306. The summed E-state index contributed by atoms with van der Waals surface area (Å²) in [6.07, 6.45) is 2.27. The summed E-state index contributed by atoms with van der Waals surface area (Å²) in [5.74, 6) is -0.203. The number of fused-ring (bicyclic) bond motifs is 1. The zero-order valence-electron chi connectivity index (χ0n) is 11.8. The highest BCUT2D eigenvalue weighted by Crippen LogP contribution is 2.34. The molecular formula is C15H17N3O3. The number of rotatable bonds is 5. The summed E-state index contributed by atoms with van der Waals surface area (Å²) in [5, 5.41) is 10.6. The van der Waals surface area contributed by atoms with E-state index in [1.54, 1.807) is 0 Å². The molecule has 0 radical (unpaired) electrons. The topological polar surface area (TPSA) is 84.1 Å². The molecule has 1 heterocycles. The molecule has 1 aliphatic rings. The summed E-state index contributed by atoms with van der Waals surface area (Å²) in [7, 11) is 1.36. The highest BCUT2D eigenvalue weighted by Gasteiger charge is 2.34. The minimum Gasteiger partial charge on any atom is -0.469 e. The maximum atomic E-state index is 12.4. The van der Waals surface area contributed by atoms with Crippen LogP contribution in [-0.2, 0) is 9.53 Å². The van der Waals surface area contributed by atoms with E-state index in [1.165, 1.54) is 7.11 Å². The fraction of sp³-hybridized carbons (Fsp3) is 0.400. The van der Waals surface area contributed by atoms with Crippen LogP contribution >= 0.6 is 0 Å². The number of nitrogens with zero attached hydrogens (tertiary/aromatic N) is 1. The van der Waals surface area contributed by atoms with Crippen LogP contribution in [-0.4, -0.2) is 35.2 Å². The van der Waals surface area contributed by atoms with Crippen molar-refractivity contribution in [2.24, 2.45) is 5.92 Å². The van der Waals surface area contributed by atoms with Crippen LogP contribution in [0.4, 0.5) is 0 Å². The maximum Gasteiger partial charge on any atom is 0.307 e. The second kappa shape index (κ2) is 5.55. The molecule has 0 saturated heterocycles. The molecule has 0 unspecified atom stereocenters. The number of carbonyl (C=O) groups is 2. The highest BCUT2D eigenvalue weighted by molar-refractivity contribution is 6.04. The van der Waals surface area contributed by atoms with Crippen molar-refractivity contribution < 1.29 is 14.3 Å². The monoisotopic (exact) mass is 287 g/mol. The molecule has 0 spiro atoms. The molecule has 1 atom stereocenters. The van der Waals surface area contributed by atoms with Gasteiger partial charge in [0.2, 0.25) is 0 Å². The van der Waals surface area contributed by atoms with Gasteiger partial charge in [0.05, 0.1) is 19.0 Å². The Kier molecular flexibility index (Phi) is 3.60.